The van der Waals surface area contributed by atoms with Crippen LogP contribution in [0.1, 0.15) is 175 Å². The van der Waals surface area contributed by atoms with E-state index in [1.807, 2.05) is 109 Å². The molecular weight excluding hydrogens is 733 g/mol. The van der Waals surface area contributed by atoms with Crippen molar-refractivity contribution in [3.63, 3.8) is 0 Å². The van der Waals surface area contributed by atoms with E-state index in [-0.39, 0.29) is 38.0 Å². The highest BCUT2D eigenvalue weighted by Gasteiger charge is 2.19. The molecule has 0 fully saturated rings. The van der Waals surface area contributed by atoms with Crippen LogP contribution in [0.25, 0.3) is 0 Å². The number of ether oxygens (including phenoxy) is 3. The highest BCUT2D eigenvalue weighted by Crippen LogP contribution is 2.14. The molecule has 0 radical (unpaired) electrons. The van der Waals surface area contributed by atoms with E-state index in [1.54, 1.807) is 0 Å². The van der Waals surface area contributed by atoms with Gasteiger partial charge in [-0.25, -0.2) is 0 Å². The first kappa shape index (κ1) is 54.8. The van der Waals surface area contributed by atoms with Gasteiger partial charge in [-0.3, -0.25) is 14.4 Å². The molecule has 0 aliphatic rings. The molecule has 6 heteroatoms. The Morgan fingerprint density at radius 1 is 0.356 bits per heavy atom. The molecule has 0 aliphatic heterocycles. The summed E-state index contributed by atoms with van der Waals surface area (Å²) in [7, 11) is 0. The summed E-state index contributed by atoms with van der Waals surface area (Å²) in [5, 5.41) is 0. The van der Waals surface area contributed by atoms with E-state index in [0.29, 0.717) is 25.7 Å². The average Bonchev–Trinajstić information content (AvgIpc) is 3.23. The smallest absolute Gasteiger partial charge is 0.306 e. The summed E-state index contributed by atoms with van der Waals surface area (Å²) in [5.74, 6) is -1.09. The molecule has 330 valence electrons. The quantitative estimate of drug-likeness (QED) is 0.0266. The van der Waals surface area contributed by atoms with Gasteiger partial charge in [0.25, 0.3) is 0 Å². The topological polar surface area (TPSA) is 78.9 Å². The monoisotopic (exact) mass is 815 g/mol. The van der Waals surface area contributed by atoms with Crippen LogP contribution in [0, 0.1) is 0 Å². The number of carbonyl (C=O) groups excluding carboxylic acids is 3. The number of hydrogen-bond acceptors (Lipinski definition) is 6. The third kappa shape index (κ3) is 44.8. The van der Waals surface area contributed by atoms with Crippen LogP contribution in [-0.4, -0.2) is 37.2 Å². The fourth-order valence-electron chi connectivity index (χ4n) is 5.79. The van der Waals surface area contributed by atoms with Crippen molar-refractivity contribution < 1.29 is 28.6 Å². The molecular formula is C53H82O6. The van der Waals surface area contributed by atoms with Gasteiger partial charge in [0.15, 0.2) is 6.10 Å². The molecule has 1 unspecified atom stereocenters. The van der Waals surface area contributed by atoms with E-state index in [9.17, 15) is 14.4 Å². The van der Waals surface area contributed by atoms with Gasteiger partial charge in [0.2, 0.25) is 0 Å². The van der Waals surface area contributed by atoms with Crippen molar-refractivity contribution in [1.29, 1.82) is 0 Å². The molecule has 0 aromatic rings. The second-order valence-electron chi connectivity index (χ2n) is 14.8. The molecule has 0 saturated heterocycles. The largest absolute Gasteiger partial charge is 0.462 e. The van der Waals surface area contributed by atoms with Crippen molar-refractivity contribution in [2.24, 2.45) is 0 Å². The van der Waals surface area contributed by atoms with E-state index >= 15 is 0 Å². The molecule has 0 aliphatic carbocycles. The van der Waals surface area contributed by atoms with Crippen LogP contribution in [0.2, 0.25) is 0 Å². The molecule has 1 atom stereocenters. The van der Waals surface area contributed by atoms with Gasteiger partial charge in [0.1, 0.15) is 13.2 Å². The fraction of sp³-hybridized carbons (Fsp3) is 0.566. The van der Waals surface area contributed by atoms with Crippen LogP contribution >= 0.6 is 0 Å². The lowest BCUT2D eigenvalue weighted by molar-refractivity contribution is -0.167. The Kier molecular flexibility index (Phi) is 43.2. The normalized spacial score (nSPS) is 13.2. The maximum atomic E-state index is 12.7. The van der Waals surface area contributed by atoms with Crippen LogP contribution in [-0.2, 0) is 28.6 Å². The first-order valence-corrected chi connectivity index (χ1v) is 23.2. The molecule has 0 N–H and O–H groups in total. The minimum absolute atomic E-state index is 0.131. The predicted molar refractivity (Wildman–Crippen MR) is 251 cm³/mol. The molecule has 0 saturated carbocycles. The Bertz CT molecular complexity index is 1300. The van der Waals surface area contributed by atoms with Gasteiger partial charge in [-0.05, 0) is 44.9 Å². The SMILES string of the molecule is CC/C=C/C=C/C=C/C=C/C=C/CCCC(=O)OCC(COC(=O)CCCCCCCCCCCCCCCCC)OC(=O)CCC/C=C/C=C/C=C/C=C/C=C/CC. The molecule has 0 heterocycles. The average molecular weight is 815 g/mol. The lowest BCUT2D eigenvalue weighted by atomic mass is 10.0. The Morgan fingerprint density at radius 2 is 0.661 bits per heavy atom. The summed E-state index contributed by atoms with van der Waals surface area (Å²) in [5.41, 5.74) is 0. The van der Waals surface area contributed by atoms with Crippen molar-refractivity contribution in [1.82, 2.24) is 0 Å². The summed E-state index contributed by atoms with van der Waals surface area (Å²) in [6.07, 6.45) is 63.4. The standard InChI is InChI=1S/C53H82O6/c1-4-7-10-13-16-19-22-25-26-29-31-34-37-40-43-46-52(55)58-49-50(59-53(56)47-44-41-38-35-32-28-24-21-18-15-12-9-6-3)48-57-51(54)45-42-39-36-33-30-27-23-20-17-14-11-8-5-2/h8-9,11-12,14-15,17-18,20-21,23-24,27-28,30,32-33,35-36,38,50H,4-7,10,13,16,19,22,25-26,29,31,34,37,39-49H2,1-3H3/b11-8+,12-9+,17-14+,18-15+,23-20+,24-21+,30-27+,32-28+,36-33+,38-35+. The lowest BCUT2D eigenvalue weighted by Crippen LogP contribution is -2.30. The lowest BCUT2D eigenvalue weighted by Gasteiger charge is -2.18. The van der Waals surface area contributed by atoms with Crippen molar-refractivity contribution >= 4 is 17.9 Å². The maximum absolute atomic E-state index is 12.7. The highest BCUT2D eigenvalue weighted by atomic mass is 16.6. The van der Waals surface area contributed by atoms with Gasteiger partial charge in [-0.1, -0.05) is 232 Å². The Hall–Kier alpha value is -4.19. The number of esters is 3. The third-order valence-electron chi connectivity index (χ3n) is 9.22. The number of carbonyl (C=O) groups is 3. The summed E-state index contributed by atoms with van der Waals surface area (Å²) in [4.78, 5) is 37.7. The molecule has 6 nitrogen and oxygen atoms in total. The second-order valence-corrected chi connectivity index (χ2v) is 14.8. The number of rotatable bonds is 39. The molecule has 0 aromatic heterocycles. The van der Waals surface area contributed by atoms with Crippen LogP contribution in [0.3, 0.4) is 0 Å². The molecule has 0 bridgehead atoms. The minimum atomic E-state index is -0.844. The predicted octanol–water partition coefficient (Wildman–Crippen LogP) is 15.0. The van der Waals surface area contributed by atoms with Gasteiger partial charge in [-0.2, -0.15) is 0 Å². The Labute approximate surface area is 361 Å². The molecule has 59 heavy (non-hydrogen) atoms. The molecule has 0 aromatic carbocycles. The highest BCUT2D eigenvalue weighted by molar-refractivity contribution is 5.71. The van der Waals surface area contributed by atoms with E-state index in [2.05, 4.69) is 32.9 Å². The zero-order chi connectivity index (χ0) is 43.0. The van der Waals surface area contributed by atoms with Crippen molar-refractivity contribution in [3.8, 4) is 0 Å². The van der Waals surface area contributed by atoms with E-state index in [1.165, 1.54) is 77.0 Å². The van der Waals surface area contributed by atoms with Crippen molar-refractivity contribution in [2.75, 3.05) is 13.2 Å². The number of allylic oxidation sites excluding steroid dienone is 20. The van der Waals surface area contributed by atoms with E-state index in [0.717, 1.165) is 38.5 Å². The first-order chi connectivity index (χ1) is 29.0. The van der Waals surface area contributed by atoms with Crippen molar-refractivity contribution in [3.05, 3.63) is 122 Å². The number of hydrogen-bond donors (Lipinski definition) is 0. The van der Waals surface area contributed by atoms with Gasteiger partial charge in [0.05, 0.1) is 0 Å². The van der Waals surface area contributed by atoms with Gasteiger partial charge in [-0.15, -0.1) is 0 Å². The van der Waals surface area contributed by atoms with Gasteiger partial charge in [0, 0.05) is 19.3 Å². The fourth-order valence-corrected chi connectivity index (χ4v) is 5.79. The van der Waals surface area contributed by atoms with E-state index < -0.39 is 12.1 Å². The van der Waals surface area contributed by atoms with Gasteiger partial charge < -0.3 is 14.2 Å². The number of unbranched alkanes of at least 4 members (excludes halogenated alkanes) is 16. The van der Waals surface area contributed by atoms with Crippen molar-refractivity contribution in [2.45, 2.75) is 181 Å². The maximum Gasteiger partial charge on any atom is 0.306 e. The van der Waals surface area contributed by atoms with Gasteiger partial charge >= 0.3 is 17.9 Å². The summed E-state index contributed by atoms with van der Waals surface area (Å²) in [6.45, 7) is 6.19. The third-order valence-corrected chi connectivity index (χ3v) is 9.22. The van der Waals surface area contributed by atoms with Crippen LogP contribution < -0.4 is 0 Å². The van der Waals surface area contributed by atoms with Crippen LogP contribution in [0.4, 0.5) is 0 Å². The Balaban J connectivity index is 4.60. The zero-order valence-corrected chi connectivity index (χ0v) is 37.5. The molecule has 0 amide bonds. The van der Waals surface area contributed by atoms with Crippen LogP contribution in [0.5, 0.6) is 0 Å². The zero-order valence-electron chi connectivity index (χ0n) is 37.5. The van der Waals surface area contributed by atoms with E-state index in [4.69, 9.17) is 14.2 Å². The second kappa shape index (κ2) is 46.5. The molecule has 0 spiro atoms. The summed E-state index contributed by atoms with van der Waals surface area (Å²) >= 11 is 0. The molecule has 0 rings (SSSR count). The summed E-state index contributed by atoms with van der Waals surface area (Å²) < 4.78 is 16.6. The summed E-state index contributed by atoms with van der Waals surface area (Å²) in [6, 6.07) is 0. The van der Waals surface area contributed by atoms with Crippen LogP contribution in [0.15, 0.2) is 122 Å². The Morgan fingerprint density at radius 3 is 1.03 bits per heavy atom. The minimum Gasteiger partial charge on any atom is -0.462 e. The first-order valence-electron chi connectivity index (χ1n) is 23.2.